The second kappa shape index (κ2) is 6.11. The molecule has 1 N–H and O–H groups in total. The second-order valence-corrected chi connectivity index (χ2v) is 6.12. The van der Waals surface area contributed by atoms with Gasteiger partial charge in [-0.2, -0.15) is 0 Å². The number of para-hydroxylation sites is 1. The average Bonchev–Trinajstić information content (AvgIpc) is 2.97. The van der Waals surface area contributed by atoms with Gasteiger partial charge in [0.05, 0.1) is 11.7 Å². The van der Waals surface area contributed by atoms with Gasteiger partial charge in [-0.25, -0.2) is 9.97 Å². The zero-order valence-electron chi connectivity index (χ0n) is 14.3. The van der Waals surface area contributed by atoms with Crippen LogP contribution in [0.5, 0.6) is 0 Å². The van der Waals surface area contributed by atoms with Crippen molar-refractivity contribution in [3.63, 3.8) is 0 Å². The molecule has 0 atom stereocenters. The Morgan fingerprint density at radius 2 is 2.00 bits per heavy atom. The number of aryl methyl sites for hydroxylation is 2. The molecule has 0 aliphatic carbocycles. The van der Waals surface area contributed by atoms with Crippen LogP contribution in [0.25, 0.3) is 22.2 Å². The Hall–Kier alpha value is -3.48. The van der Waals surface area contributed by atoms with Gasteiger partial charge in [0.2, 0.25) is 17.2 Å². The van der Waals surface area contributed by atoms with Crippen molar-refractivity contribution in [2.24, 2.45) is 0 Å². The van der Waals surface area contributed by atoms with E-state index in [1.54, 1.807) is 12.1 Å². The Bertz CT molecular complexity index is 1190. The fourth-order valence-electron chi connectivity index (χ4n) is 2.77. The molecule has 4 rings (SSSR count). The summed E-state index contributed by atoms with van der Waals surface area (Å²) in [7, 11) is 0. The third-order valence-corrected chi connectivity index (χ3v) is 4.25. The second-order valence-electron chi connectivity index (χ2n) is 6.12. The highest BCUT2D eigenvalue weighted by Gasteiger charge is 2.16. The quantitative estimate of drug-likeness (QED) is 0.615. The molecular formula is C19H16N4O3. The largest absolute Gasteiger partial charge is 0.430 e. The first-order valence-electron chi connectivity index (χ1n) is 8.14. The average molecular weight is 348 g/mol. The van der Waals surface area contributed by atoms with Crippen LogP contribution in [-0.4, -0.2) is 20.4 Å². The van der Waals surface area contributed by atoms with Crippen molar-refractivity contribution >= 4 is 33.8 Å². The number of nitrogens with one attached hydrogen (secondary N) is 1. The topological polar surface area (TPSA) is 90.0 Å². The molecule has 4 aromatic rings. The molecule has 0 unspecified atom stereocenters. The van der Waals surface area contributed by atoms with Gasteiger partial charge < -0.3 is 9.73 Å². The highest BCUT2D eigenvalue weighted by molar-refractivity contribution is 6.00. The number of hydrogen-bond donors (Lipinski definition) is 1. The number of rotatable bonds is 3. The lowest BCUT2D eigenvalue weighted by molar-refractivity contribution is -0.116. The normalized spacial score (nSPS) is 11.2. The highest BCUT2D eigenvalue weighted by atomic mass is 16.3. The Morgan fingerprint density at radius 3 is 2.77 bits per heavy atom. The first kappa shape index (κ1) is 16.0. The van der Waals surface area contributed by atoms with E-state index in [4.69, 9.17) is 4.42 Å². The summed E-state index contributed by atoms with van der Waals surface area (Å²) in [4.78, 5) is 33.5. The summed E-state index contributed by atoms with van der Waals surface area (Å²) in [6, 6.07) is 11.0. The van der Waals surface area contributed by atoms with Crippen molar-refractivity contribution in [1.29, 1.82) is 0 Å². The summed E-state index contributed by atoms with van der Waals surface area (Å²) in [6.45, 7) is 3.66. The Balaban J connectivity index is 1.70. The van der Waals surface area contributed by atoms with E-state index in [9.17, 15) is 9.59 Å². The van der Waals surface area contributed by atoms with Crippen LogP contribution in [0.4, 0.5) is 5.69 Å². The van der Waals surface area contributed by atoms with Gasteiger partial charge in [-0.3, -0.25) is 14.2 Å². The van der Waals surface area contributed by atoms with Crippen LogP contribution in [0.1, 0.15) is 11.3 Å². The molecule has 0 bridgehead atoms. The number of furan rings is 1. The van der Waals surface area contributed by atoms with Crippen molar-refractivity contribution < 1.29 is 9.21 Å². The summed E-state index contributed by atoms with van der Waals surface area (Å²) < 4.78 is 6.85. The van der Waals surface area contributed by atoms with Gasteiger partial charge in [0.25, 0.3) is 5.56 Å². The zero-order valence-corrected chi connectivity index (χ0v) is 14.3. The molecule has 0 aliphatic heterocycles. The molecule has 3 heterocycles. The van der Waals surface area contributed by atoms with E-state index in [2.05, 4.69) is 15.3 Å². The predicted molar refractivity (Wildman–Crippen MR) is 98.1 cm³/mol. The van der Waals surface area contributed by atoms with Crippen LogP contribution >= 0.6 is 0 Å². The monoisotopic (exact) mass is 348 g/mol. The molecule has 3 aromatic heterocycles. The maximum atomic E-state index is 12.7. The van der Waals surface area contributed by atoms with Crippen LogP contribution in [0.15, 0.2) is 51.9 Å². The van der Waals surface area contributed by atoms with Crippen molar-refractivity contribution in [3.05, 3.63) is 64.3 Å². The zero-order chi connectivity index (χ0) is 18.3. The molecule has 130 valence electrons. The number of aromatic nitrogens is 3. The highest BCUT2D eigenvalue weighted by Crippen LogP contribution is 2.25. The van der Waals surface area contributed by atoms with E-state index in [1.165, 1.54) is 10.9 Å². The first-order chi connectivity index (χ1) is 12.5. The minimum Gasteiger partial charge on any atom is -0.430 e. The van der Waals surface area contributed by atoms with Crippen LogP contribution in [0.3, 0.4) is 0 Å². The minimum atomic E-state index is -0.411. The van der Waals surface area contributed by atoms with Crippen molar-refractivity contribution in [1.82, 2.24) is 14.5 Å². The summed E-state index contributed by atoms with van der Waals surface area (Å²) >= 11 is 0. The number of fused-ring (bicyclic) bond motifs is 3. The number of carbonyl (C=O) groups excluding carboxylic acids is 1. The van der Waals surface area contributed by atoms with Crippen LogP contribution in [0, 0.1) is 13.8 Å². The van der Waals surface area contributed by atoms with Crippen LogP contribution in [-0.2, 0) is 11.3 Å². The molecule has 1 amide bonds. The van der Waals surface area contributed by atoms with Crippen LogP contribution < -0.4 is 10.9 Å². The predicted octanol–water partition coefficient (Wildman–Crippen LogP) is 2.79. The standard InChI is InChI=1S/C19H16N4O3/c1-11-8-14-16-17(26-18(14)21-12(11)2)19(25)23(10-20-16)9-15(24)22-13-6-4-3-5-7-13/h3-8,10H,9H2,1-2H3,(H,22,24). The third kappa shape index (κ3) is 2.73. The van der Waals surface area contributed by atoms with E-state index >= 15 is 0 Å². The van der Waals surface area contributed by atoms with Gasteiger partial charge in [0.1, 0.15) is 12.1 Å². The van der Waals surface area contributed by atoms with E-state index in [1.807, 2.05) is 38.1 Å². The van der Waals surface area contributed by atoms with Crippen molar-refractivity contribution in [2.75, 3.05) is 5.32 Å². The Morgan fingerprint density at radius 1 is 1.23 bits per heavy atom. The molecular weight excluding hydrogens is 332 g/mol. The SMILES string of the molecule is Cc1cc2c(nc1C)oc1c(=O)n(CC(=O)Nc3ccccc3)cnc12. The summed E-state index contributed by atoms with van der Waals surface area (Å²) in [5, 5.41) is 3.43. The molecule has 26 heavy (non-hydrogen) atoms. The molecule has 0 aliphatic rings. The molecule has 1 aromatic carbocycles. The van der Waals surface area contributed by atoms with Crippen molar-refractivity contribution in [3.8, 4) is 0 Å². The number of hydrogen-bond acceptors (Lipinski definition) is 5. The summed E-state index contributed by atoms with van der Waals surface area (Å²) in [6.07, 6.45) is 1.36. The Kier molecular flexibility index (Phi) is 3.76. The molecule has 7 nitrogen and oxygen atoms in total. The molecule has 7 heteroatoms. The van der Waals surface area contributed by atoms with Gasteiger partial charge in [0.15, 0.2) is 0 Å². The third-order valence-electron chi connectivity index (χ3n) is 4.25. The number of anilines is 1. The molecule has 0 saturated heterocycles. The van der Waals surface area contributed by atoms with Gasteiger partial charge in [-0.1, -0.05) is 18.2 Å². The van der Waals surface area contributed by atoms with Crippen molar-refractivity contribution in [2.45, 2.75) is 20.4 Å². The van der Waals surface area contributed by atoms with Gasteiger partial charge in [-0.05, 0) is 37.6 Å². The number of carbonyl (C=O) groups is 1. The van der Waals surface area contributed by atoms with Gasteiger partial charge in [0, 0.05) is 11.4 Å². The summed E-state index contributed by atoms with van der Waals surface area (Å²) in [5.41, 5.74) is 3.02. The maximum absolute atomic E-state index is 12.7. The van der Waals surface area contributed by atoms with E-state index in [0.717, 1.165) is 11.3 Å². The van der Waals surface area contributed by atoms with E-state index in [-0.39, 0.29) is 18.0 Å². The number of nitrogens with zero attached hydrogens (tertiary/aromatic N) is 3. The lowest BCUT2D eigenvalue weighted by Crippen LogP contribution is -2.27. The Labute approximate surface area is 148 Å². The minimum absolute atomic E-state index is 0.104. The maximum Gasteiger partial charge on any atom is 0.297 e. The summed E-state index contributed by atoms with van der Waals surface area (Å²) in [5.74, 6) is -0.319. The van der Waals surface area contributed by atoms with Crippen LogP contribution in [0.2, 0.25) is 0 Å². The lowest BCUT2D eigenvalue weighted by atomic mass is 10.2. The molecule has 0 spiro atoms. The molecule has 0 radical (unpaired) electrons. The number of benzene rings is 1. The fraction of sp³-hybridized carbons (Fsp3) is 0.158. The molecule has 0 saturated carbocycles. The number of pyridine rings is 1. The van der Waals surface area contributed by atoms with E-state index < -0.39 is 5.56 Å². The number of amides is 1. The smallest absolute Gasteiger partial charge is 0.297 e. The van der Waals surface area contributed by atoms with Gasteiger partial charge in [-0.15, -0.1) is 0 Å². The fourth-order valence-corrected chi connectivity index (χ4v) is 2.77. The lowest BCUT2D eigenvalue weighted by Gasteiger charge is -2.06. The van der Waals surface area contributed by atoms with E-state index in [0.29, 0.717) is 22.3 Å². The first-order valence-corrected chi connectivity index (χ1v) is 8.14. The molecule has 0 fully saturated rings. The van der Waals surface area contributed by atoms with Gasteiger partial charge >= 0.3 is 0 Å².